The molecule has 40 heavy (non-hydrogen) atoms. The maximum atomic E-state index is 3.40. The van der Waals surface area contributed by atoms with Gasteiger partial charge in [-0.2, -0.15) is 0 Å². The van der Waals surface area contributed by atoms with Crippen molar-refractivity contribution in [2.45, 2.75) is 13.8 Å². The lowest BCUT2D eigenvalue weighted by Gasteiger charge is -1.94. The van der Waals surface area contributed by atoms with Crippen molar-refractivity contribution >= 4 is 95.1 Å². The molecular weight excluding hydrogens is 561 g/mol. The van der Waals surface area contributed by atoms with Gasteiger partial charge in [0.2, 0.25) is 0 Å². The fourth-order valence-corrected chi connectivity index (χ4v) is 9.91. The Morgan fingerprint density at radius 2 is 0.825 bits per heavy atom. The van der Waals surface area contributed by atoms with E-state index in [4.69, 9.17) is 0 Å². The van der Waals surface area contributed by atoms with E-state index in [1.165, 1.54) is 60.9 Å². The molecule has 8 aromatic rings. The van der Waals surface area contributed by atoms with Crippen molar-refractivity contribution < 1.29 is 0 Å². The molecule has 0 unspecified atom stereocenters. The molecular formula is C36H20S4. The fourth-order valence-electron chi connectivity index (χ4n) is 5.07. The van der Waals surface area contributed by atoms with E-state index in [1.54, 1.807) is 22.7 Å². The fraction of sp³-hybridized carbons (Fsp3) is 0.0556. The van der Waals surface area contributed by atoms with Crippen LogP contribution in [-0.4, -0.2) is 0 Å². The van der Waals surface area contributed by atoms with Gasteiger partial charge in [-0.15, -0.1) is 45.3 Å². The van der Waals surface area contributed by atoms with Crippen LogP contribution in [0, 0.1) is 37.5 Å². The monoisotopic (exact) mass is 580 g/mol. The van der Waals surface area contributed by atoms with E-state index < -0.39 is 0 Å². The summed E-state index contributed by atoms with van der Waals surface area (Å²) in [6.07, 6.45) is 0. The number of rotatable bonds is 0. The second-order valence-corrected chi connectivity index (χ2v) is 14.2. The van der Waals surface area contributed by atoms with E-state index in [-0.39, 0.29) is 0 Å². The molecule has 0 nitrogen and oxygen atoms in total. The average Bonchev–Trinajstić information content (AvgIpc) is 3.73. The third-order valence-corrected chi connectivity index (χ3v) is 11.9. The van der Waals surface area contributed by atoms with Gasteiger partial charge in [-0.25, -0.2) is 0 Å². The molecule has 4 heterocycles. The van der Waals surface area contributed by atoms with Crippen molar-refractivity contribution in [1.82, 2.24) is 0 Å². The highest BCUT2D eigenvalue weighted by Crippen LogP contribution is 2.49. The van der Waals surface area contributed by atoms with Crippen LogP contribution in [0.25, 0.3) is 49.7 Å². The SMILES string of the molecule is Cc1ccc(C#Cc2cc3c(ccc4c3sc3c5ccc6sc(C#Cc7ccc(C)cc7)cc6c5sc43)s2)cc1. The zero-order valence-electron chi connectivity index (χ0n) is 21.7. The quantitative estimate of drug-likeness (QED) is 0.157. The minimum absolute atomic E-state index is 1.06. The van der Waals surface area contributed by atoms with Gasteiger partial charge in [0.1, 0.15) is 0 Å². The number of hydrogen-bond acceptors (Lipinski definition) is 4. The number of fused-ring (bicyclic) bond motifs is 9. The Bertz CT molecular complexity index is 2210. The minimum atomic E-state index is 1.06. The van der Waals surface area contributed by atoms with Gasteiger partial charge in [0, 0.05) is 51.5 Å². The molecule has 8 rings (SSSR count). The van der Waals surface area contributed by atoms with Crippen molar-refractivity contribution in [3.05, 3.63) is 117 Å². The molecule has 0 amide bonds. The third kappa shape index (κ3) is 4.05. The Labute approximate surface area is 248 Å². The average molecular weight is 581 g/mol. The van der Waals surface area contributed by atoms with Gasteiger partial charge in [-0.05, 0) is 62.4 Å². The number of hydrogen-bond donors (Lipinski definition) is 0. The van der Waals surface area contributed by atoms with Crippen LogP contribution in [0.2, 0.25) is 0 Å². The minimum Gasteiger partial charge on any atom is -0.133 e. The Kier molecular flexibility index (Phi) is 5.59. The molecule has 0 saturated heterocycles. The maximum absolute atomic E-state index is 3.40. The molecule has 0 saturated carbocycles. The van der Waals surface area contributed by atoms with Gasteiger partial charge in [-0.1, -0.05) is 71.2 Å². The first-order valence-electron chi connectivity index (χ1n) is 13.0. The van der Waals surface area contributed by atoms with Gasteiger partial charge >= 0.3 is 0 Å². The van der Waals surface area contributed by atoms with Crippen molar-refractivity contribution in [3.63, 3.8) is 0 Å². The highest BCUT2D eigenvalue weighted by molar-refractivity contribution is 7.38. The second-order valence-electron chi connectivity index (χ2n) is 10.0. The van der Waals surface area contributed by atoms with Crippen molar-refractivity contribution in [3.8, 4) is 23.7 Å². The molecule has 0 bridgehead atoms. The molecule has 0 radical (unpaired) electrons. The lowest BCUT2D eigenvalue weighted by molar-refractivity contribution is 1.46. The lowest BCUT2D eigenvalue weighted by atomic mass is 10.1. The summed E-state index contributed by atoms with van der Waals surface area (Å²) in [6.45, 7) is 4.21. The van der Waals surface area contributed by atoms with Crippen molar-refractivity contribution in [2.75, 3.05) is 0 Å². The van der Waals surface area contributed by atoms with Gasteiger partial charge in [-0.3, -0.25) is 0 Å². The van der Waals surface area contributed by atoms with Crippen LogP contribution in [0.1, 0.15) is 32.0 Å². The molecule has 0 aliphatic rings. The summed E-state index contributed by atoms with van der Waals surface area (Å²) in [5, 5.41) is 5.35. The molecule has 4 heteroatoms. The van der Waals surface area contributed by atoms with Crippen LogP contribution in [0.4, 0.5) is 0 Å². The normalized spacial score (nSPS) is 11.3. The van der Waals surface area contributed by atoms with E-state index in [9.17, 15) is 0 Å². The zero-order chi connectivity index (χ0) is 26.8. The van der Waals surface area contributed by atoms with Gasteiger partial charge in [0.05, 0.1) is 19.2 Å². The van der Waals surface area contributed by atoms with Gasteiger partial charge in [0.15, 0.2) is 0 Å². The summed E-state index contributed by atoms with van der Waals surface area (Å²) in [5.41, 5.74) is 4.62. The van der Waals surface area contributed by atoms with E-state index >= 15 is 0 Å². The summed E-state index contributed by atoms with van der Waals surface area (Å²) in [7, 11) is 0. The van der Waals surface area contributed by atoms with Gasteiger partial charge in [0.25, 0.3) is 0 Å². The van der Waals surface area contributed by atoms with Crippen LogP contribution in [-0.2, 0) is 0 Å². The lowest BCUT2D eigenvalue weighted by Crippen LogP contribution is -1.74. The molecule has 0 atom stereocenters. The molecule has 188 valence electrons. The largest absolute Gasteiger partial charge is 0.133 e. The smallest absolute Gasteiger partial charge is 0.0785 e. The molecule has 0 fully saturated rings. The standard InChI is InChI=1S/C36H20S4/c1-21-3-7-23(8-4-21)11-13-25-19-29-31(37-25)17-15-27-33(29)39-36-28-16-18-32-30(34(28)40-35(27)36)20-26(38-32)14-12-24-9-5-22(2)6-10-24/h3-10,15-20H,1-2H3. The zero-order valence-corrected chi connectivity index (χ0v) is 25.0. The maximum Gasteiger partial charge on any atom is 0.0785 e. The molecule has 4 aromatic carbocycles. The molecule has 0 aliphatic carbocycles. The Hall–Kier alpha value is -3.90. The highest BCUT2D eigenvalue weighted by Gasteiger charge is 2.17. The van der Waals surface area contributed by atoms with Crippen LogP contribution in [0.15, 0.2) is 84.9 Å². The molecule has 0 aliphatic heterocycles. The van der Waals surface area contributed by atoms with E-state index in [2.05, 4.69) is 122 Å². The van der Waals surface area contributed by atoms with Crippen LogP contribution >= 0.6 is 45.3 Å². The van der Waals surface area contributed by atoms with E-state index in [1.807, 2.05) is 22.7 Å². The first kappa shape index (κ1) is 23.9. The summed E-state index contributed by atoms with van der Waals surface area (Å²) < 4.78 is 8.13. The first-order chi connectivity index (χ1) is 19.6. The van der Waals surface area contributed by atoms with E-state index in [0.29, 0.717) is 0 Å². The summed E-state index contributed by atoms with van der Waals surface area (Å²) in [6, 6.07) is 30.6. The van der Waals surface area contributed by atoms with Crippen LogP contribution in [0.5, 0.6) is 0 Å². The van der Waals surface area contributed by atoms with E-state index in [0.717, 1.165) is 20.9 Å². The third-order valence-electron chi connectivity index (χ3n) is 7.17. The number of thiophene rings is 4. The Balaban J connectivity index is 1.22. The van der Waals surface area contributed by atoms with Crippen LogP contribution in [0.3, 0.4) is 0 Å². The summed E-state index contributed by atoms with van der Waals surface area (Å²) in [4.78, 5) is 2.23. The predicted molar refractivity (Wildman–Crippen MR) is 180 cm³/mol. The number of benzene rings is 4. The summed E-state index contributed by atoms with van der Waals surface area (Å²) >= 11 is 7.42. The molecule has 0 N–H and O–H groups in total. The Morgan fingerprint density at radius 3 is 1.25 bits per heavy atom. The first-order valence-corrected chi connectivity index (χ1v) is 16.3. The van der Waals surface area contributed by atoms with Crippen molar-refractivity contribution in [1.29, 1.82) is 0 Å². The van der Waals surface area contributed by atoms with Crippen LogP contribution < -0.4 is 0 Å². The van der Waals surface area contributed by atoms with Crippen molar-refractivity contribution in [2.24, 2.45) is 0 Å². The highest BCUT2D eigenvalue weighted by atomic mass is 32.1. The second kappa shape index (κ2) is 9.34. The van der Waals surface area contributed by atoms with Gasteiger partial charge < -0.3 is 0 Å². The molecule has 0 spiro atoms. The topological polar surface area (TPSA) is 0 Å². The number of aryl methyl sites for hydroxylation is 2. The summed E-state index contributed by atoms with van der Waals surface area (Å²) in [5.74, 6) is 13.5. The molecule has 4 aromatic heterocycles. The predicted octanol–water partition coefficient (Wildman–Crippen LogP) is 11.1. The Morgan fingerprint density at radius 1 is 0.400 bits per heavy atom.